The molecule has 2 N–H and O–H groups in total. The van der Waals surface area contributed by atoms with E-state index in [0.29, 0.717) is 6.54 Å². The van der Waals surface area contributed by atoms with E-state index in [1.54, 1.807) is 0 Å². The first-order chi connectivity index (χ1) is 6.02. The van der Waals surface area contributed by atoms with Crippen LogP contribution in [0.25, 0.3) is 0 Å². The molecule has 0 spiro atoms. The Labute approximate surface area is 77.5 Å². The van der Waals surface area contributed by atoms with Crippen molar-refractivity contribution >= 4 is 10.1 Å². The summed E-state index contributed by atoms with van der Waals surface area (Å²) in [6, 6.07) is 0. The van der Waals surface area contributed by atoms with Gasteiger partial charge in [0.1, 0.15) is 0 Å². The Hall–Kier alpha value is -0.430. The van der Waals surface area contributed by atoms with E-state index >= 15 is 0 Å². The Morgan fingerprint density at radius 2 is 2.38 bits per heavy atom. The normalized spacial score (nSPS) is 29.9. The van der Waals surface area contributed by atoms with Gasteiger partial charge in [0.05, 0.1) is 6.61 Å². The van der Waals surface area contributed by atoms with E-state index in [0.717, 1.165) is 0 Å². The molecule has 1 aliphatic heterocycles. The van der Waals surface area contributed by atoms with Gasteiger partial charge in [-0.05, 0) is 0 Å². The largest absolute Gasteiger partial charge is 0.354 e. The Morgan fingerprint density at radius 3 is 2.77 bits per heavy atom. The third kappa shape index (κ3) is 2.08. The van der Waals surface area contributed by atoms with Gasteiger partial charge in [-0.25, -0.2) is 0 Å². The summed E-state index contributed by atoms with van der Waals surface area (Å²) >= 11 is 0. The molecule has 0 aromatic carbocycles. The summed E-state index contributed by atoms with van der Waals surface area (Å²) in [6.07, 6.45) is 1.50. The average Bonchev–Trinajstić information content (AvgIpc) is 2.04. The maximum atomic E-state index is 11.0. The molecular weight excluding hydrogens is 194 g/mol. The summed E-state index contributed by atoms with van der Waals surface area (Å²) in [5.41, 5.74) is 0. The van der Waals surface area contributed by atoms with Gasteiger partial charge in [-0.3, -0.25) is 4.55 Å². The zero-order valence-corrected chi connectivity index (χ0v) is 8.01. The van der Waals surface area contributed by atoms with Crippen LogP contribution in [0.15, 0.2) is 12.7 Å². The molecule has 1 heterocycles. The predicted octanol–water partition coefficient (Wildman–Crippen LogP) is -0.234. The van der Waals surface area contributed by atoms with Crippen LogP contribution in [0.2, 0.25) is 0 Å². The minimum absolute atomic E-state index is 0.0822. The highest BCUT2D eigenvalue weighted by molar-refractivity contribution is 7.87. The summed E-state index contributed by atoms with van der Waals surface area (Å²) < 4.78 is 36.2. The van der Waals surface area contributed by atoms with E-state index in [4.69, 9.17) is 9.29 Å². The van der Waals surface area contributed by atoms with Crippen LogP contribution in [0, 0.1) is 0 Å². The Morgan fingerprint density at radius 1 is 1.69 bits per heavy atom. The van der Waals surface area contributed by atoms with Crippen molar-refractivity contribution in [3.63, 3.8) is 0 Å². The van der Waals surface area contributed by atoms with Crippen LogP contribution in [0.5, 0.6) is 0 Å². The molecule has 0 aromatic heterocycles. The first-order valence-electron chi connectivity index (χ1n) is 3.94. The van der Waals surface area contributed by atoms with E-state index in [1.807, 2.05) is 0 Å². The van der Waals surface area contributed by atoms with Crippen molar-refractivity contribution in [1.82, 2.24) is 5.32 Å². The molecule has 0 saturated carbocycles. The van der Waals surface area contributed by atoms with Crippen LogP contribution in [-0.2, 0) is 14.9 Å². The standard InChI is InChI=1S/C7H13NO4S/c1-2-3-7(13(9,10)11)6-8-4-5-12-7/h2,8H,1,3-6H2,(H,9,10,11). The van der Waals surface area contributed by atoms with Crippen LogP contribution >= 0.6 is 0 Å². The van der Waals surface area contributed by atoms with Crippen molar-refractivity contribution in [2.45, 2.75) is 11.4 Å². The topological polar surface area (TPSA) is 75.6 Å². The summed E-state index contributed by atoms with van der Waals surface area (Å²) in [6.45, 7) is 4.39. The van der Waals surface area contributed by atoms with E-state index < -0.39 is 15.1 Å². The van der Waals surface area contributed by atoms with Crippen molar-refractivity contribution in [2.75, 3.05) is 19.7 Å². The van der Waals surface area contributed by atoms with Gasteiger partial charge >= 0.3 is 0 Å². The minimum atomic E-state index is -4.21. The number of morpholine rings is 1. The Balaban J connectivity index is 2.92. The van der Waals surface area contributed by atoms with Crippen LogP contribution < -0.4 is 5.32 Å². The second-order valence-corrected chi connectivity index (χ2v) is 4.60. The lowest BCUT2D eigenvalue weighted by Crippen LogP contribution is -2.54. The fourth-order valence-electron chi connectivity index (χ4n) is 1.26. The molecule has 13 heavy (non-hydrogen) atoms. The van der Waals surface area contributed by atoms with Crippen molar-refractivity contribution in [2.24, 2.45) is 0 Å². The smallest absolute Gasteiger partial charge is 0.296 e. The zero-order valence-electron chi connectivity index (χ0n) is 7.19. The highest BCUT2D eigenvalue weighted by atomic mass is 32.2. The SMILES string of the molecule is C=CCC1(S(=O)(=O)O)CNCCO1. The fraction of sp³-hybridized carbons (Fsp3) is 0.714. The van der Waals surface area contributed by atoms with Gasteiger partial charge in [0, 0.05) is 19.5 Å². The van der Waals surface area contributed by atoms with Gasteiger partial charge in [-0.15, -0.1) is 6.58 Å². The quantitative estimate of drug-likeness (QED) is 0.493. The summed E-state index contributed by atoms with van der Waals surface area (Å²) in [5, 5.41) is 2.86. The lowest BCUT2D eigenvalue weighted by atomic mass is 10.2. The Kier molecular flexibility index (Phi) is 3.07. The third-order valence-corrected chi connectivity index (χ3v) is 3.33. The van der Waals surface area contributed by atoms with Crippen LogP contribution in [0.1, 0.15) is 6.42 Å². The minimum Gasteiger partial charge on any atom is -0.354 e. The van der Waals surface area contributed by atoms with Gasteiger partial charge in [0.25, 0.3) is 10.1 Å². The zero-order chi connectivity index (χ0) is 9.95. The number of hydrogen-bond acceptors (Lipinski definition) is 4. The number of hydrogen-bond donors (Lipinski definition) is 2. The van der Waals surface area contributed by atoms with Crippen LogP contribution in [0.4, 0.5) is 0 Å². The number of ether oxygens (including phenoxy) is 1. The monoisotopic (exact) mass is 207 g/mol. The molecule has 5 nitrogen and oxygen atoms in total. The second kappa shape index (κ2) is 3.75. The van der Waals surface area contributed by atoms with Gasteiger partial charge in [-0.1, -0.05) is 6.08 Å². The van der Waals surface area contributed by atoms with Gasteiger partial charge in [-0.2, -0.15) is 8.42 Å². The Bertz CT molecular complexity index is 279. The van der Waals surface area contributed by atoms with E-state index in [9.17, 15) is 8.42 Å². The van der Waals surface area contributed by atoms with Crippen molar-refractivity contribution < 1.29 is 17.7 Å². The van der Waals surface area contributed by atoms with Crippen molar-refractivity contribution in [1.29, 1.82) is 0 Å². The van der Waals surface area contributed by atoms with E-state index in [-0.39, 0.29) is 19.6 Å². The first-order valence-corrected chi connectivity index (χ1v) is 5.38. The maximum Gasteiger partial charge on any atom is 0.296 e. The predicted molar refractivity (Wildman–Crippen MR) is 47.9 cm³/mol. The van der Waals surface area contributed by atoms with Crippen molar-refractivity contribution in [3.8, 4) is 0 Å². The van der Waals surface area contributed by atoms with Crippen molar-refractivity contribution in [3.05, 3.63) is 12.7 Å². The molecule has 1 fully saturated rings. The molecule has 0 aromatic rings. The summed E-state index contributed by atoms with van der Waals surface area (Å²) in [4.78, 5) is -1.53. The lowest BCUT2D eigenvalue weighted by molar-refractivity contribution is -0.00876. The molecule has 6 heteroatoms. The molecule has 1 rings (SSSR count). The van der Waals surface area contributed by atoms with E-state index in [2.05, 4.69) is 11.9 Å². The van der Waals surface area contributed by atoms with Crippen LogP contribution in [-0.4, -0.2) is 37.6 Å². The number of rotatable bonds is 3. The van der Waals surface area contributed by atoms with Gasteiger partial charge in [0.15, 0.2) is 0 Å². The van der Waals surface area contributed by atoms with E-state index in [1.165, 1.54) is 6.08 Å². The summed E-state index contributed by atoms with van der Waals surface area (Å²) in [7, 11) is -4.21. The number of nitrogens with one attached hydrogen (secondary N) is 1. The molecule has 1 unspecified atom stereocenters. The molecule has 0 bridgehead atoms. The molecular formula is C7H13NO4S. The molecule has 1 atom stereocenters. The first kappa shape index (κ1) is 10.6. The summed E-state index contributed by atoms with van der Waals surface area (Å²) in [5.74, 6) is 0. The molecule has 0 amide bonds. The van der Waals surface area contributed by atoms with Crippen LogP contribution in [0.3, 0.4) is 0 Å². The molecule has 76 valence electrons. The second-order valence-electron chi connectivity index (χ2n) is 2.90. The highest BCUT2D eigenvalue weighted by Gasteiger charge is 2.44. The lowest BCUT2D eigenvalue weighted by Gasteiger charge is -2.33. The van der Waals surface area contributed by atoms with Gasteiger partial charge in [0.2, 0.25) is 4.93 Å². The van der Waals surface area contributed by atoms with Gasteiger partial charge < -0.3 is 10.1 Å². The maximum absolute atomic E-state index is 11.0. The third-order valence-electron chi connectivity index (χ3n) is 1.96. The molecule has 1 aliphatic rings. The molecule has 0 radical (unpaired) electrons. The molecule has 0 aliphatic carbocycles. The average molecular weight is 207 g/mol. The fourth-order valence-corrected chi connectivity index (χ4v) is 2.11. The molecule has 1 saturated heterocycles. The highest BCUT2D eigenvalue weighted by Crippen LogP contribution is 2.24.